The molecule has 0 fully saturated rings. The van der Waals surface area contributed by atoms with Crippen molar-refractivity contribution in [3.63, 3.8) is 0 Å². The number of amides is 3. The van der Waals surface area contributed by atoms with Crippen molar-refractivity contribution >= 4 is 46.0 Å². The summed E-state index contributed by atoms with van der Waals surface area (Å²) in [7, 11) is 0. The molecule has 1 atom stereocenters. The first kappa shape index (κ1) is 20.2. The van der Waals surface area contributed by atoms with E-state index >= 15 is 0 Å². The van der Waals surface area contributed by atoms with E-state index in [1.54, 1.807) is 48.4 Å². The van der Waals surface area contributed by atoms with E-state index < -0.39 is 23.8 Å². The summed E-state index contributed by atoms with van der Waals surface area (Å²) in [6.07, 6.45) is 5.65. The maximum Gasteiger partial charge on any atom is 0.262 e. The Labute approximate surface area is 181 Å². The third-order valence-corrected chi connectivity index (χ3v) is 6.13. The number of fused-ring (bicyclic) bond motifs is 1. The van der Waals surface area contributed by atoms with Crippen LogP contribution in [0.15, 0.2) is 54.2 Å². The van der Waals surface area contributed by atoms with Gasteiger partial charge in [-0.25, -0.2) is 4.98 Å². The summed E-state index contributed by atoms with van der Waals surface area (Å²) in [5.41, 5.74) is 2.20. The van der Waals surface area contributed by atoms with Gasteiger partial charge in [0.05, 0.1) is 16.8 Å². The molecule has 0 spiro atoms. The van der Waals surface area contributed by atoms with Gasteiger partial charge in [0.15, 0.2) is 5.13 Å². The van der Waals surface area contributed by atoms with Crippen molar-refractivity contribution < 1.29 is 14.4 Å². The number of nitrogens with one attached hydrogen (secondary N) is 1. The molecule has 0 bridgehead atoms. The second kappa shape index (κ2) is 8.76. The Balaban J connectivity index is 1.56. The summed E-state index contributed by atoms with van der Waals surface area (Å²) in [6, 6.07) is 9.43. The molecule has 1 aromatic carbocycles. The van der Waals surface area contributed by atoms with E-state index in [9.17, 15) is 14.4 Å². The summed E-state index contributed by atoms with van der Waals surface area (Å²) in [5, 5.41) is 5.01. The highest BCUT2D eigenvalue weighted by molar-refractivity contribution is 7.98. The van der Waals surface area contributed by atoms with E-state index in [1.807, 2.05) is 23.8 Å². The number of anilines is 1. The monoisotopic (exact) mass is 438 g/mol. The van der Waals surface area contributed by atoms with E-state index in [-0.39, 0.29) is 0 Å². The molecule has 3 heterocycles. The molecular formula is C21H18N4O3S2. The van der Waals surface area contributed by atoms with Crippen LogP contribution in [-0.4, -0.2) is 50.6 Å². The summed E-state index contributed by atoms with van der Waals surface area (Å²) < 4.78 is 0. The minimum atomic E-state index is -0.907. The molecule has 7 nitrogen and oxygen atoms in total. The Kier molecular flexibility index (Phi) is 5.91. The standard InChI is InChI=1S/C21H18N4O3S2/c1-29-10-8-17(25-19(27)14-6-2-3-7-15(14)20(25)28)18(26)24-21-23-16(12-30-21)13-5-4-9-22-11-13/h2-7,9,11-12,17H,8,10H2,1H3,(H,23,24,26). The molecule has 0 saturated carbocycles. The maximum atomic E-state index is 13.1. The van der Waals surface area contributed by atoms with Crippen LogP contribution in [0.5, 0.6) is 0 Å². The molecule has 1 aliphatic heterocycles. The van der Waals surface area contributed by atoms with Crippen LogP contribution in [0, 0.1) is 0 Å². The van der Waals surface area contributed by atoms with Gasteiger partial charge in [-0.1, -0.05) is 12.1 Å². The second-order valence-corrected chi connectivity index (χ2v) is 8.44. The fourth-order valence-corrected chi connectivity index (χ4v) is 4.45. The number of benzene rings is 1. The zero-order chi connectivity index (χ0) is 21.1. The molecule has 2 aromatic heterocycles. The van der Waals surface area contributed by atoms with Crippen molar-refractivity contribution in [1.29, 1.82) is 0 Å². The van der Waals surface area contributed by atoms with Crippen LogP contribution in [0.3, 0.4) is 0 Å². The smallest absolute Gasteiger partial charge is 0.262 e. The number of carbonyl (C=O) groups is 3. The van der Waals surface area contributed by atoms with Gasteiger partial charge in [0.25, 0.3) is 11.8 Å². The fourth-order valence-electron chi connectivity index (χ4n) is 3.26. The number of aromatic nitrogens is 2. The number of thiazole rings is 1. The van der Waals surface area contributed by atoms with E-state index in [0.29, 0.717) is 34.1 Å². The molecule has 4 rings (SSSR count). The number of carbonyl (C=O) groups excluding carboxylic acids is 3. The zero-order valence-electron chi connectivity index (χ0n) is 16.1. The first-order chi connectivity index (χ1) is 14.6. The highest BCUT2D eigenvalue weighted by Gasteiger charge is 2.42. The lowest BCUT2D eigenvalue weighted by Crippen LogP contribution is -2.47. The lowest BCUT2D eigenvalue weighted by Gasteiger charge is -2.24. The second-order valence-electron chi connectivity index (χ2n) is 6.59. The molecule has 0 saturated heterocycles. The first-order valence-corrected chi connectivity index (χ1v) is 11.5. The molecule has 0 aliphatic carbocycles. The van der Waals surface area contributed by atoms with Crippen molar-refractivity contribution in [1.82, 2.24) is 14.9 Å². The van der Waals surface area contributed by atoms with Crippen LogP contribution >= 0.6 is 23.1 Å². The van der Waals surface area contributed by atoms with Crippen LogP contribution in [0.1, 0.15) is 27.1 Å². The van der Waals surface area contributed by atoms with Crippen molar-refractivity contribution in [2.24, 2.45) is 0 Å². The molecule has 1 unspecified atom stereocenters. The van der Waals surface area contributed by atoms with Gasteiger partial charge >= 0.3 is 0 Å². The molecule has 3 aromatic rings. The molecular weight excluding hydrogens is 420 g/mol. The molecule has 0 radical (unpaired) electrons. The highest BCUT2D eigenvalue weighted by Crippen LogP contribution is 2.28. The van der Waals surface area contributed by atoms with Crippen LogP contribution in [0.4, 0.5) is 5.13 Å². The van der Waals surface area contributed by atoms with Gasteiger partial charge in [0, 0.05) is 23.3 Å². The number of hydrogen-bond donors (Lipinski definition) is 1. The summed E-state index contributed by atoms with van der Waals surface area (Å²) in [4.78, 5) is 48.4. The van der Waals surface area contributed by atoms with Gasteiger partial charge in [-0.2, -0.15) is 11.8 Å². The van der Waals surface area contributed by atoms with Crippen molar-refractivity contribution in [3.8, 4) is 11.3 Å². The van der Waals surface area contributed by atoms with Crippen molar-refractivity contribution in [3.05, 3.63) is 65.3 Å². The number of pyridine rings is 1. The highest BCUT2D eigenvalue weighted by atomic mass is 32.2. The average molecular weight is 439 g/mol. The molecule has 30 heavy (non-hydrogen) atoms. The van der Waals surface area contributed by atoms with E-state index in [2.05, 4.69) is 15.3 Å². The number of hydrogen-bond acceptors (Lipinski definition) is 7. The maximum absolute atomic E-state index is 13.1. The number of imide groups is 1. The summed E-state index contributed by atoms with van der Waals surface area (Å²) in [5.74, 6) is -0.672. The first-order valence-electron chi connectivity index (χ1n) is 9.23. The molecule has 3 amide bonds. The number of rotatable bonds is 7. The van der Waals surface area contributed by atoms with Gasteiger partial charge in [-0.3, -0.25) is 24.3 Å². The fraction of sp³-hybridized carbons (Fsp3) is 0.190. The Morgan fingerprint density at radius 2 is 1.90 bits per heavy atom. The van der Waals surface area contributed by atoms with E-state index in [4.69, 9.17) is 0 Å². The Morgan fingerprint density at radius 1 is 1.17 bits per heavy atom. The van der Waals surface area contributed by atoms with Crippen LogP contribution in [0.25, 0.3) is 11.3 Å². The van der Waals surface area contributed by atoms with Gasteiger partial charge in [0.2, 0.25) is 5.91 Å². The van der Waals surface area contributed by atoms with Gasteiger partial charge in [0.1, 0.15) is 6.04 Å². The summed E-state index contributed by atoms with van der Waals surface area (Å²) >= 11 is 2.83. The van der Waals surface area contributed by atoms with Crippen LogP contribution in [0.2, 0.25) is 0 Å². The SMILES string of the molecule is CSCCC(C(=O)Nc1nc(-c2cccnc2)cs1)N1C(=O)c2ccccc2C1=O. The molecule has 1 N–H and O–H groups in total. The quantitative estimate of drug-likeness (QED) is 0.567. The Hall–Kier alpha value is -3.04. The minimum Gasteiger partial charge on any atom is -0.300 e. The van der Waals surface area contributed by atoms with Crippen LogP contribution < -0.4 is 5.32 Å². The molecule has 9 heteroatoms. The van der Waals surface area contributed by atoms with E-state index in [0.717, 1.165) is 10.5 Å². The van der Waals surface area contributed by atoms with Crippen LogP contribution in [-0.2, 0) is 4.79 Å². The Morgan fingerprint density at radius 3 is 2.53 bits per heavy atom. The zero-order valence-corrected chi connectivity index (χ0v) is 17.7. The van der Waals surface area contributed by atoms with Crippen molar-refractivity contribution in [2.45, 2.75) is 12.5 Å². The van der Waals surface area contributed by atoms with Crippen molar-refractivity contribution in [2.75, 3.05) is 17.3 Å². The third-order valence-electron chi connectivity index (χ3n) is 4.73. The van der Waals surface area contributed by atoms with Gasteiger partial charge < -0.3 is 5.32 Å². The Bertz CT molecular complexity index is 1070. The number of nitrogens with zero attached hydrogens (tertiary/aromatic N) is 3. The lowest BCUT2D eigenvalue weighted by atomic mass is 10.1. The lowest BCUT2D eigenvalue weighted by molar-refractivity contribution is -0.120. The topological polar surface area (TPSA) is 92.3 Å². The molecule has 1 aliphatic rings. The minimum absolute atomic E-state index is 0.331. The average Bonchev–Trinajstić information content (AvgIpc) is 3.33. The number of thioether (sulfide) groups is 1. The molecule has 152 valence electrons. The van der Waals surface area contributed by atoms with E-state index in [1.165, 1.54) is 11.3 Å². The largest absolute Gasteiger partial charge is 0.300 e. The van der Waals surface area contributed by atoms with Gasteiger partial charge in [-0.05, 0) is 42.7 Å². The normalized spacial score (nSPS) is 14.0. The predicted molar refractivity (Wildman–Crippen MR) is 118 cm³/mol. The third kappa shape index (κ3) is 3.86. The van der Waals surface area contributed by atoms with Gasteiger partial charge in [-0.15, -0.1) is 11.3 Å². The predicted octanol–water partition coefficient (Wildman–Crippen LogP) is 3.56. The summed E-state index contributed by atoms with van der Waals surface area (Å²) in [6.45, 7) is 0.